The summed E-state index contributed by atoms with van der Waals surface area (Å²) < 4.78 is 1.72. The fourth-order valence-electron chi connectivity index (χ4n) is 3.32. The topological polar surface area (TPSA) is 76.9 Å². The van der Waals surface area contributed by atoms with Gasteiger partial charge in [-0.25, -0.2) is 9.97 Å². The minimum atomic E-state index is -0.139. The number of aryl methyl sites for hydroxylation is 2. The summed E-state index contributed by atoms with van der Waals surface area (Å²) in [4.78, 5) is 33.9. The van der Waals surface area contributed by atoms with Crippen molar-refractivity contribution in [1.29, 1.82) is 0 Å². The lowest BCUT2D eigenvalue weighted by Crippen LogP contribution is -2.30. The highest BCUT2D eigenvalue weighted by Crippen LogP contribution is 2.34. The number of nitrogens with zero attached hydrogens (tertiary/aromatic N) is 3. The van der Waals surface area contributed by atoms with Gasteiger partial charge in [0.25, 0.3) is 5.56 Å². The number of aromatic nitrogens is 3. The fraction of sp³-hybridized carbons (Fsp3) is 0.412. The molecule has 0 radical (unpaired) electrons. The third-order valence-electron chi connectivity index (χ3n) is 4.56. The number of hydrogen-bond donors (Lipinski definition) is 1. The molecule has 24 heavy (non-hydrogen) atoms. The maximum absolute atomic E-state index is 12.7. The molecule has 1 unspecified atom stereocenters. The third-order valence-corrected chi connectivity index (χ3v) is 5.66. The molecular weight excluding hydrogens is 324 g/mol. The fourth-order valence-corrected chi connectivity index (χ4v) is 4.47. The number of carbonyl (C=O) groups is 1. The van der Waals surface area contributed by atoms with E-state index in [9.17, 15) is 9.59 Å². The van der Waals surface area contributed by atoms with Gasteiger partial charge >= 0.3 is 0 Å². The first-order chi connectivity index (χ1) is 11.6. The quantitative estimate of drug-likeness (QED) is 0.865. The molecule has 0 saturated heterocycles. The Hall–Kier alpha value is -2.15. The van der Waals surface area contributed by atoms with Crippen molar-refractivity contribution in [2.24, 2.45) is 0 Å². The summed E-state index contributed by atoms with van der Waals surface area (Å²) in [5.41, 5.74) is 2.76. The Labute approximate surface area is 143 Å². The molecular formula is C17H18N4O2S. The molecule has 0 bridgehead atoms. The van der Waals surface area contributed by atoms with E-state index in [4.69, 9.17) is 0 Å². The van der Waals surface area contributed by atoms with Gasteiger partial charge in [0.05, 0.1) is 11.7 Å². The molecule has 2 aromatic rings. The number of thioether (sulfide) groups is 1. The molecule has 4 rings (SSSR count). The van der Waals surface area contributed by atoms with E-state index in [0.717, 1.165) is 41.2 Å². The van der Waals surface area contributed by atoms with Gasteiger partial charge in [-0.1, -0.05) is 17.8 Å². The van der Waals surface area contributed by atoms with Crippen molar-refractivity contribution in [3.63, 3.8) is 0 Å². The van der Waals surface area contributed by atoms with Gasteiger partial charge in [0.15, 0.2) is 5.16 Å². The summed E-state index contributed by atoms with van der Waals surface area (Å²) in [6.07, 6.45) is 4.61. The van der Waals surface area contributed by atoms with Gasteiger partial charge in [0.2, 0.25) is 5.91 Å². The maximum atomic E-state index is 12.7. The van der Waals surface area contributed by atoms with E-state index in [1.165, 1.54) is 0 Å². The molecule has 1 aliphatic carbocycles. The van der Waals surface area contributed by atoms with Crippen LogP contribution in [-0.4, -0.2) is 26.2 Å². The van der Waals surface area contributed by atoms with Crippen LogP contribution in [-0.2, 0) is 17.6 Å². The second-order valence-corrected chi connectivity index (χ2v) is 7.22. The minimum absolute atomic E-state index is 0.0457. The SMILES string of the molecule is Cc1cccnc1NC(=O)CC1CSc2nc3c(c(=O)n21)CCC3. The number of fused-ring (bicyclic) bond motifs is 2. The van der Waals surface area contributed by atoms with E-state index >= 15 is 0 Å². The van der Waals surface area contributed by atoms with Crippen LogP contribution >= 0.6 is 11.8 Å². The molecule has 1 N–H and O–H groups in total. The lowest BCUT2D eigenvalue weighted by Gasteiger charge is -2.14. The van der Waals surface area contributed by atoms with Crippen molar-refractivity contribution in [2.45, 2.75) is 43.8 Å². The second kappa shape index (κ2) is 6.05. The van der Waals surface area contributed by atoms with Gasteiger partial charge in [-0.15, -0.1) is 0 Å². The summed E-state index contributed by atoms with van der Waals surface area (Å²) in [5, 5.41) is 3.60. The van der Waals surface area contributed by atoms with Crippen LogP contribution in [0.5, 0.6) is 0 Å². The van der Waals surface area contributed by atoms with Gasteiger partial charge in [0, 0.05) is 23.9 Å². The van der Waals surface area contributed by atoms with Crippen molar-refractivity contribution in [3.05, 3.63) is 45.5 Å². The van der Waals surface area contributed by atoms with Crippen molar-refractivity contribution in [3.8, 4) is 0 Å². The molecule has 6 nitrogen and oxygen atoms in total. The Balaban J connectivity index is 1.55. The van der Waals surface area contributed by atoms with E-state index in [2.05, 4.69) is 15.3 Å². The van der Waals surface area contributed by atoms with E-state index in [1.54, 1.807) is 22.5 Å². The van der Waals surface area contributed by atoms with Crippen LogP contribution in [0.4, 0.5) is 5.82 Å². The molecule has 0 aromatic carbocycles. The molecule has 0 saturated carbocycles. The van der Waals surface area contributed by atoms with Crippen molar-refractivity contribution in [1.82, 2.24) is 14.5 Å². The largest absolute Gasteiger partial charge is 0.310 e. The number of amides is 1. The second-order valence-electron chi connectivity index (χ2n) is 6.23. The third kappa shape index (κ3) is 2.62. The summed E-state index contributed by atoms with van der Waals surface area (Å²) in [6, 6.07) is 3.60. The van der Waals surface area contributed by atoms with E-state index in [-0.39, 0.29) is 23.9 Å². The summed E-state index contributed by atoms with van der Waals surface area (Å²) in [5.74, 6) is 1.16. The minimum Gasteiger partial charge on any atom is -0.310 e. The van der Waals surface area contributed by atoms with E-state index in [1.807, 2.05) is 19.1 Å². The summed E-state index contributed by atoms with van der Waals surface area (Å²) in [6.45, 7) is 1.90. The highest BCUT2D eigenvalue weighted by molar-refractivity contribution is 7.99. The van der Waals surface area contributed by atoms with E-state index < -0.39 is 0 Å². The lowest BCUT2D eigenvalue weighted by atomic mass is 10.2. The monoisotopic (exact) mass is 342 g/mol. The first-order valence-corrected chi connectivity index (χ1v) is 9.10. The number of carbonyl (C=O) groups excluding carboxylic acids is 1. The molecule has 1 aliphatic heterocycles. The van der Waals surface area contributed by atoms with E-state index in [0.29, 0.717) is 11.6 Å². The zero-order valence-corrected chi connectivity index (χ0v) is 14.2. The van der Waals surface area contributed by atoms with Gasteiger partial charge in [-0.05, 0) is 37.8 Å². The average Bonchev–Trinajstić information content (AvgIpc) is 3.17. The highest BCUT2D eigenvalue weighted by Gasteiger charge is 2.31. The van der Waals surface area contributed by atoms with Gasteiger partial charge in [0.1, 0.15) is 5.82 Å². The first-order valence-electron chi connectivity index (χ1n) is 8.12. The average molecular weight is 342 g/mol. The van der Waals surface area contributed by atoms with Crippen LogP contribution in [0.15, 0.2) is 28.3 Å². The van der Waals surface area contributed by atoms with Crippen LogP contribution in [0, 0.1) is 6.92 Å². The Morgan fingerprint density at radius 3 is 3.17 bits per heavy atom. The van der Waals surface area contributed by atoms with Crippen LogP contribution in [0.1, 0.15) is 35.7 Å². The Bertz CT molecular complexity index is 877. The molecule has 2 aromatic heterocycles. The van der Waals surface area contributed by atoms with Crippen molar-refractivity contribution < 1.29 is 4.79 Å². The van der Waals surface area contributed by atoms with Gasteiger partial charge in [-0.2, -0.15) is 0 Å². The van der Waals surface area contributed by atoms with Crippen LogP contribution < -0.4 is 10.9 Å². The number of hydrogen-bond acceptors (Lipinski definition) is 5. The van der Waals surface area contributed by atoms with Crippen LogP contribution in [0.3, 0.4) is 0 Å². The molecule has 2 aliphatic rings. The normalized spacial score (nSPS) is 18.3. The Morgan fingerprint density at radius 1 is 1.46 bits per heavy atom. The van der Waals surface area contributed by atoms with Crippen molar-refractivity contribution in [2.75, 3.05) is 11.1 Å². The standard InChI is InChI=1S/C17H18N4O2S/c1-10-4-3-7-18-15(10)20-14(22)8-11-9-24-17-19-13-6-2-5-12(13)16(23)21(11)17/h3-4,7,11H,2,5-6,8-9H2,1H3,(H,18,20,22). The molecule has 1 amide bonds. The molecule has 0 spiro atoms. The number of rotatable bonds is 3. The van der Waals surface area contributed by atoms with Gasteiger partial charge < -0.3 is 5.32 Å². The summed E-state index contributed by atoms with van der Waals surface area (Å²) >= 11 is 1.56. The molecule has 1 atom stereocenters. The zero-order chi connectivity index (χ0) is 16.7. The zero-order valence-electron chi connectivity index (χ0n) is 13.4. The predicted octanol–water partition coefficient (Wildman–Crippen LogP) is 2.11. The maximum Gasteiger partial charge on any atom is 0.257 e. The molecule has 3 heterocycles. The number of pyridine rings is 1. The number of nitrogens with one attached hydrogen (secondary N) is 1. The summed E-state index contributed by atoms with van der Waals surface area (Å²) in [7, 11) is 0. The Kier molecular flexibility index (Phi) is 3.88. The van der Waals surface area contributed by atoms with Crippen LogP contribution in [0.25, 0.3) is 0 Å². The molecule has 124 valence electrons. The first kappa shape index (κ1) is 15.4. The van der Waals surface area contributed by atoms with Crippen LogP contribution in [0.2, 0.25) is 0 Å². The Morgan fingerprint density at radius 2 is 2.33 bits per heavy atom. The number of anilines is 1. The molecule has 7 heteroatoms. The molecule has 0 fully saturated rings. The predicted molar refractivity (Wildman–Crippen MR) is 92.5 cm³/mol. The van der Waals surface area contributed by atoms with Crippen molar-refractivity contribution >= 4 is 23.5 Å². The highest BCUT2D eigenvalue weighted by atomic mass is 32.2. The smallest absolute Gasteiger partial charge is 0.257 e. The van der Waals surface area contributed by atoms with Gasteiger partial charge in [-0.3, -0.25) is 14.2 Å². The lowest BCUT2D eigenvalue weighted by molar-refractivity contribution is -0.116.